The fourth-order valence-corrected chi connectivity index (χ4v) is 2.46. The van der Waals surface area contributed by atoms with Crippen LogP contribution in [0.5, 0.6) is 0 Å². The molecule has 0 unspecified atom stereocenters. The maximum absolute atomic E-state index is 12.3. The van der Waals surface area contributed by atoms with Crippen molar-refractivity contribution >= 4 is 23.3 Å². The van der Waals surface area contributed by atoms with Gasteiger partial charge in [0.25, 0.3) is 0 Å². The monoisotopic (exact) mass is 302 g/mol. The van der Waals surface area contributed by atoms with Gasteiger partial charge in [0.15, 0.2) is 0 Å². The maximum Gasteiger partial charge on any atom is 0.242 e. The first-order valence-electron chi connectivity index (χ1n) is 6.75. The number of hydrogen-bond acceptors (Lipinski definition) is 4. The van der Waals surface area contributed by atoms with E-state index >= 15 is 0 Å². The van der Waals surface area contributed by atoms with Crippen LogP contribution < -0.4 is 4.90 Å². The highest BCUT2D eigenvalue weighted by molar-refractivity contribution is 6.30. The van der Waals surface area contributed by atoms with E-state index in [1.165, 1.54) is 0 Å². The van der Waals surface area contributed by atoms with E-state index in [0.29, 0.717) is 24.7 Å². The Morgan fingerprint density at radius 1 is 1.14 bits per heavy atom. The first-order valence-corrected chi connectivity index (χ1v) is 7.13. The lowest BCUT2D eigenvalue weighted by Gasteiger charge is -2.34. The SMILES string of the molecule is O=C1CN(c2cnccn2)CCN1Cc1ccc(Cl)cc1. The van der Waals surface area contributed by atoms with Crippen molar-refractivity contribution in [2.75, 3.05) is 24.5 Å². The molecule has 6 heteroatoms. The van der Waals surface area contributed by atoms with Crippen LogP contribution >= 0.6 is 11.6 Å². The van der Waals surface area contributed by atoms with Crippen LogP contribution in [0.4, 0.5) is 5.82 Å². The van der Waals surface area contributed by atoms with E-state index in [4.69, 9.17) is 11.6 Å². The number of piperazine rings is 1. The molecule has 1 aliphatic heterocycles. The van der Waals surface area contributed by atoms with Gasteiger partial charge in [0.2, 0.25) is 5.91 Å². The summed E-state index contributed by atoms with van der Waals surface area (Å²) in [5.74, 6) is 0.846. The van der Waals surface area contributed by atoms with Gasteiger partial charge in [-0.1, -0.05) is 23.7 Å². The molecule has 0 spiro atoms. The van der Waals surface area contributed by atoms with Gasteiger partial charge in [-0.2, -0.15) is 0 Å². The zero-order valence-electron chi connectivity index (χ0n) is 11.4. The molecule has 3 rings (SSSR count). The van der Waals surface area contributed by atoms with Gasteiger partial charge >= 0.3 is 0 Å². The zero-order chi connectivity index (χ0) is 14.7. The Kier molecular flexibility index (Phi) is 4.01. The molecule has 1 saturated heterocycles. The zero-order valence-corrected chi connectivity index (χ0v) is 12.2. The molecule has 1 aromatic carbocycles. The van der Waals surface area contributed by atoms with E-state index in [2.05, 4.69) is 9.97 Å². The summed E-state index contributed by atoms with van der Waals surface area (Å²) < 4.78 is 0. The minimum atomic E-state index is 0.0989. The van der Waals surface area contributed by atoms with Crippen molar-refractivity contribution in [3.8, 4) is 0 Å². The summed E-state index contributed by atoms with van der Waals surface area (Å²) in [5, 5.41) is 0.706. The third-order valence-electron chi connectivity index (χ3n) is 3.48. The Balaban J connectivity index is 1.63. The fourth-order valence-electron chi connectivity index (χ4n) is 2.34. The van der Waals surface area contributed by atoms with Gasteiger partial charge in [-0.15, -0.1) is 0 Å². The second-order valence-corrected chi connectivity index (χ2v) is 5.36. The van der Waals surface area contributed by atoms with Crippen LogP contribution in [0.25, 0.3) is 0 Å². The highest BCUT2D eigenvalue weighted by Crippen LogP contribution is 2.16. The average molecular weight is 303 g/mol. The molecule has 1 aliphatic rings. The lowest BCUT2D eigenvalue weighted by Crippen LogP contribution is -2.50. The number of halogens is 1. The first-order chi connectivity index (χ1) is 10.2. The van der Waals surface area contributed by atoms with Crippen LogP contribution in [0.2, 0.25) is 5.02 Å². The fraction of sp³-hybridized carbons (Fsp3) is 0.267. The molecular formula is C15H15ClN4O. The molecule has 0 N–H and O–H groups in total. The summed E-state index contributed by atoms with van der Waals surface area (Å²) in [6, 6.07) is 7.59. The summed E-state index contributed by atoms with van der Waals surface area (Å²) in [5.41, 5.74) is 1.08. The van der Waals surface area contributed by atoms with E-state index in [0.717, 1.165) is 17.9 Å². The van der Waals surface area contributed by atoms with Gasteiger partial charge in [-0.05, 0) is 17.7 Å². The number of anilines is 1. The number of carbonyl (C=O) groups excluding carboxylic acids is 1. The van der Waals surface area contributed by atoms with Gasteiger partial charge in [0.05, 0.1) is 12.7 Å². The molecule has 0 aliphatic carbocycles. The summed E-state index contributed by atoms with van der Waals surface area (Å²) in [6.45, 7) is 2.40. The van der Waals surface area contributed by atoms with Gasteiger partial charge in [-0.3, -0.25) is 9.78 Å². The quantitative estimate of drug-likeness (QED) is 0.870. The molecule has 5 nitrogen and oxygen atoms in total. The lowest BCUT2D eigenvalue weighted by atomic mass is 10.2. The second-order valence-electron chi connectivity index (χ2n) is 4.93. The topological polar surface area (TPSA) is 49.3 Å². The first kappa shape index (κ1) is 13.8. The molecule has 21 heavy (non-hydrogen) atoms. The number of aromatic nitrogens is 2. The number of carbonyl (C=O) groups is 1. The van der Waals surface area contributed by atoms with Crippen molar-refractivity contribution < 1.29 is 4.79 Å². The van der Waals surface area contributed by atoms with E-state index in [1.807, 2.05) is 34.1 Å². The molecule has 1 amide bonds. The Morgan fingerprint density at radius 3 is 2.62 bits per heavy atom. The van der Waals surface area contributed by atoms with Crippen LogP contribution in [0.1, 0.15) is 5.56 Å². The lowest BCUT2D eigenvalue weighted by molar-refractivity contribution is -0.131. The molecule has 108 valence electrons. The van der Waals surface area contributed by atoms with Crippen molar-refractivity contribution in [1.82, 2.24) is 14.9 Å². The van der Waals surface area contributed by atoms with Gasteiger partial charge in [0, 0.05) is 37.1 Å². The van der Waals surface area contributed by atoms with Crippen LogP contribution in [0.15, 0.2) is 42.9 Å². The molecule has 1 fully saturated rings. The minimum absolute atomic E-state index is 0.0989. The van der Waals surface area contributed by atoms with Crippen molar-refractivity contribution in [2.45, 2.75) is 6.54 Å². The van der Waals surface area contributed by atoms with Crippen LogP contribution in [0.3, 0.4) is 0 Å². The van der Waals surface area contributed by atoms with E-state index < -0.39 is 0 Å². The van der Waals surface area contributed by atoms with E-state index in [9.17, 15) is 4.79 Å². The van der Waals surface area contributed by atoms with Crippen molar-refractivity contribution in [3.63, 3.8) is 0 Å². The summed E-state index contributed by atoms with van der Waals surface area (Å²) in [6.07, 6.45) is 4.95. The van der Waals surface area contributed by atoms with E-state index in [-0.39, 0.29) is 5.91 Å². The Labute approximate surface area is 128 Å². The molecule has 0 saturated carbocycles. The maximum atomic E-state index is 12.3. The van der Waals surface area contributed by atoms with Crippen molar-refractivity contribution in [1.29, 1.82) is 0 Å². The molecule has 2 heterocycles. The highest BCUT2D eigenvalue weighted by Gasteiger charge is 2.24. The van der Waals surface area contributed by atoms with Gasteiger partial charge < -0.3 is 9.80 Å². The molecule has 0 atom stereocenters. The molecular weight excluding hydrogens is 288 g/mol. The number of hydrogen-bond donors (Lipinski definition) is 0. The minimum Gasteiger partial charge on any atom is -0.344 e. The van der Waals surface area contributed by atoms with Crippen LogP contribution in [-0.4, -0.2) is 40.4 Å². The highest BCUT2D eigenvalue weighted by atomic mass is 35.5. The summed E-state index contributed by atoms with van der Waals surface area (Å²) in [4.78, 5) is 24.3. The summed E-state index contributed by atoms with van der Waals surface area (Å²) >= 11 is 5.87. The van der Waals surface area contributed by atoms with Crippen molar-refractivity contribution in [2.24, 2.45) is 0 Å². The molecule has 0 radical (unpaired) electrons. The number of nitrogens with zero attached hydrogens (tertiary/aromatic N) is 4. The Bertz CT molecular complexity index is 617. The number of rotatable bonds is 3. The van der Waals surface area contributed by atoms with Gasteiger partial charge in [-0.25, -0.2) is 4.98 Å². The third-order valence-corrected chi connectivity index (χ3v) is 3.73. The Morgan fingerprint density at radius 2 is 1.95 bits per heavy atom. The third kappa shape index (κ3) is 3.31. The predicted octanol–water partition coefficient (Wildman–Crippen LogP) is 1.98. The molecule has 0 bridgehead atoms. The summed E-state index contributed by atoms with van der Waals surface area (Å²) in [7, 11) is 0. The van der Waals surface area contributed by atoms with Crippen molar-refractivity contribution in [3.05, 3.63) is 53.4 Å². The van der Waals surface area contributed by atoms with Crippen LogP contribution in [0, 0.1) is 0 Å². The standard InChI is InChI=1S/C15H15ClN4O/c16-13-3-1-12(2-4-13)10-20-8-7-19(11-15(20)21)14-9-17-5-6-18-14/h1-6,9H,7-8,10-11H2. The predicted molar refractivity (Wildman–Crippen MR) is 81.1 cm³/mol. The normalized spacial score (nSPS) is 15.4. The number of amides is 1. The number of benzene rings is 1. The average Bonchev–Trinajstić information content (AvgIpc) is 2.52. The largest absolute Gasteiger partial charge is 0.344 e. The van der Waals surface area contributed by atoms with Gasteiger partial charge in [0.1, 0.15) is 5.82 Å². The van der Waals surface area contributed by atoms with E-state index in [1.54, 1.807) is 18.6 Å². The molecule has 2 aromatic rings. The molecule has 1 aromatic heterocycles. The smallest absolute Gasteiger partial charge is 0.242 e. The Hall–Kier alpha value is -2.14. The van der Waals surface area contributed by atoms with Crippen LogP contribution in [-0.2, 0) is 11.3 Å². The second kappa shape index (κ2) is 6.10.